The standard InChI is InChI=1S/C5H11FN2.2ClH/c6-4-1-2-8-3-5(4)7;;/h4-5,8H,1-3,7H2;2*1H. The zero-order valence-corrected chi connectivity index (χ0v) is 7.18. The third-order valence-electron chi connectivity index (χ3n) is 1.44. The van der Waals surface area contributed by atoms with E-state index in [1.54, 1.807) is 0 Å². The van der Waals surface area contributed by atoms with Gasteiger partial charge in [-0.15, -0.1) is 24.8 Å². The Hall–Kier alpha value is 0.430. The maximum absolute atomic E-state index is 12.4. The maximum Gasteiger partial charge on any atom is 0.118 e. The van der Waals surface area contributed by atoms with Crippen LogP contribution in [0.15, 0.2) is 0 Å². The van der Waals surface area contributed by atoms with Crippen molar-refractivity contribution >= 4 is 24.8 Å². The van der Waals surface area contributed by atoms with Gasteiger partial charge in [-0.1, -0.05) is 0 Å². The van der Waals surface area contributed by atoms with Crippen LogP contribution in [-0.2, 0) is 0 Å². The first kappa shape index (κ1) is 13.1. The van der Waals surface area contributed by atoms with Crippen LogP contribution >= 0.6 is 24.8 Å². The zero-order chi connectivity index (χ0) is 5.98. The Morgan fingerprint density at radius 1 is 1.40 bits per heavy atom. The van der Waals surface area contributed by atoms with Gasteiger partial charge >= 0.3 is 0 Å². The Labute approximate surface area is 72.6 Å². The van der Waals surface area contributed by atoms with E-state index in [0.29, 0.717) is 13.0 Å². The molecule has 0 radical (unpaired) electrons. The van der Waals surface area contributed by atoms with Crippen molar-refractivity contribution in [3.05, 3.63) is 0 Å². The van der Waals surface area contributed by atoms with Gasteiger partial charge in [-0.25, -0.2) is 4.39 Å². The first-order valence-corrected chi connectivity index (χ1v) is 2.91. The molecule has 3 N–H and O–H groups in total. The van der Waals surface area contributed by atoms with E-state index in [-0.39, 0.29) is 30.9 Å². The first-order chi connectivity index (χ1) is 3.80. The summed E-state index contributed by atoms with van der Waals surface area (Å²) in [6, 6.07) is -0.274. The molecule has 64 valence electrons. The zero-order valence-electron chi connectivity index (χ0n) is 5.55. The number of nitrogens with two attached hydrogens (primary N) is 1. The number of nitrogens with one attached hydrogen (secondary N) is 1. The number of halogens is 3. The van der Waals surface area contributed by atoms with Gasteiger partial charge in [-0.3, -0.25) is 0 Å². The summed E-state index contributed by atoms with van der Waals surface area (Å²) in [4.78, 5) is 0. The minimum Gasteiger partial charge on any atom is -0.324 e. The van der Waals surface area contributed by atoms with Crippen molar-refractivity contribution < 1.29 is 4.39 Å². The summed E-state index contributed by atoms with van der Waals surface area (Å²) in [7, 11) is 0. The van der Waals surface area contributed by atoms with Gasteiger partial charge in [0.2, 0.25) is 0 Å². The molecule has 0 bridgehead atoms. The fraction of sp³-hybridized carbons (Fsp3) is 1.00. The van der Waals surface area contributed by atoms with E-state index in [4.69, 9.17) is 5.73 Å². The second kappa shape index (κ2) is 6.16. The second-order valence-electron chi connectivity index (χ2n) is 2.17. The highest BCUT2D eigenvalue weighted by atomic mass is 35.5. The third kappa shape index (κ3) is 3.56. The average Bonchev–Trinajstić information content (AvgIpc) is 1.77. The Kier molecular flexibility index (Phi) is 8.04. The monoisotopic (exact) mass is 190 g/mol. The molecule has 1 heterocycles. The van der Waals surface area contributed by atoms with E-state index in [1.165, 1.54) is 0 Å². The molecule has 1 aliphatic rings. The molecule has 0 aromatic carbocycles. The lowest BCUT2D eigenvalue weighted by Gasteiger charge is -2.22. The normalized spacial score (nSPS) is 31.8. The van der Waals surface area contributed by atoms with E-state index in [9.17, 15) is 4.39 Å². The van der Waals surface area contributed by atoms with Gasteiger partial charge in [-0.05, 0) is 13.0 Å². The molecular weight excluding hydrogens is 178 g/mol. The van der Waals surface area contributed by atoms with Crippen LogP contribution in [0.3, 0.4) is 0 Å². The molecule has 0 aromatic heterocycles. The van der Waals surface area contributed by atoms with Crippen molar-refractivity contribution in [1.82, 2.24) is 5.32 Å². The van der Waals surface area contributed by atoms with Crippen LogP contribution in [0.25, 0.3) is 0 Å². The van der Waals surface area contributed by atoms with Crippen molar-refractivity contribution in [3.8, 4) is 0 Å². The SMILES string of the molecule is Cl.Cl.NC1CNCCC1F. The van der Waals surface area contributed by atoms with Crippen LogP contribution in [0.1, 0.15) is 6.42 Å². The number of hydrogen-bond donors (Lipinski definition) is 2. The summed E-state index contributed by atoms with van der Waals surface area (Å²) < 4.78 is 12.4. The summed E-state index contributed by atoms with van der Waals surface area (Å²) in [6.07, 6.45) is -0.211. The minimum absolute atomic E-state index is 0. The van der Waals surface area contributed by atoms with Gasteiger partial charge in [0.25, 0.3) is 0 Å². The highest BCUT2D eigenvalue weighted by Gasteiger charge is 2.19. The van der Waals surface area contributed by atoms with E-state index in [1.807, 2.05) is 0 Å². The molecule has 0 spiro atoms. The van der Waals surface area contributed by atoms with Gasteiger partial charge in [0.15, 0.2) is 0 Å². The molecule has 1 saturated heterocycles. The van der Waals surface area contributed by atoms with E-state index < -0.39 is 6.17 Å². The molecule has 2 unspecified atom stereocenters. The largest absolute Gasteiger partial charge is 0.324 e. The Morgan fingerprint density at radius 2 is 2.00 bits per heavy atom. The van der Waals surface area contributed by atoms with Crippen LogP contribution in [0, 0.1) is 0 Å². The molecular formula is C5H13Cl2FN2. The summed E-state index contributed by atoms with van der Waals surface area (Å²) >= 11 is 0. The highest BCUT2D eigenvalue weighted by molar-refractivity contribution is 5.85. The summed E-state index contributed by atoms with van der Waals surface area (Å²) in [5, 5.41) is 3.00. The second-order valence-corrected chi connectivity index (χ2v) is 2.17. The molecule has 0 aromatic rings. The van der Waals surface area contributed by atoms with Gasteiger partial charge in [0.1, 0.15) is 6.17 Å². The van der Waals surface area contributed by atoms with Crippen molar-refractivity contribution in [2.24, 2.45) is 5.73 Å². The number of hydrogen-bond acceptors (Lipinski definition) is 2. The van der Waals surface area contributed by atoms with E-state index in [0.717, 1.165) is 6.54 Å². The number of rotatable bonds is 0. The van der Waals surface area contributed by atoms with E-state index in [2.05, 4.69) is 5.32 Å². The molecule has 1 aliphatic heterocycles. The summed E-state index contributed by atoms with van der Waals surface area (Å²) in [5.74, 6) is 0. The van der Waals surface area contributed by atoms with Crippen LogP contribution < -0.4 is 11.1 Å². The third-order valence-corrected chi connectivity index (χ3v) is 1.44. The van der Waals surface area contributed by atoms with Crippen LogP contribution in [0.4, 0.5) is 4.39 Å². The smallest absolute Gasteiger partial charge is 0.118 e. The Bertz CT molecular complexity index is 74.0. The fourth-order valence-corrected chi connectivity index (χ4v) is 0.851. The predicted octanol–water partition coefficient (Wildman–Crippen LogP) is 0.489. The topological polar surface area (TPSA) is 38.0 Å². The minimum atomic E-state index is -0.781. The number of piperidine rings is 1. The molecule has 2 atom stereocenters. The first-order valence-electron chi connectivity index (χ1n) is 2.91. The van der Waals surface area contributed by atoms with Gasteiger partial charge in [0.05, 0.1) is 0 Å². The van der Waals surface area contributed by atoms with Crippen molar-refractivity contribution in [3.63, 3.8) is 0 Å². The Balaban J connectivity index is 0. The van der Waals surface area contributed by atoms with Gasteiger partial charge < -0.3 is 11.1 Å². The van der Waals surface area contributed by atoms with Crippen LogP contribution in [0.2, 0.25) is 0 Å². The molecule has 2 nitrogen and oxygen atoms in total. The maximum atomic E-state index is 12.4. The molecule has 0 saturated carbocycles. The van der Waals surface area contributed by atoms with E-state index >= 15 is 0 Å². The molecule has 10 heavy (non-hydrogen) atoms. The predicted molar refractivity (Wildman–Crippen MR) is 44.9 cm³/mol. The van der Waals surface area contributed by atoms with Crippen molar-refractivity contribution in [2.75, 3.05) is 13.1 Å². The fourth-order valence-electron chi connectivity index (χ4n) is 0.851. The molecule has 0 aliphatic carbocycles. The molecule has 5 heteroatoms. The molecule has 0 amide bonds. The average molecular weight is 191 g/mol. The summed E-state index contributed by atoms with van der Waals surface area (Å²) in [6.45, 7) is 1.40. The molecule has 1 rings (SSSR count). The van der Waals surface area contributed by atoms with Crippen molar-refractivity contribution in [2.45, 2.75) is 18.6 Å². The van der Waals surface area contributed by atoms with Crippen molar-refractivity contribution in [1.29, 1.82) is 0 Å². The lowest BCUT2D eigenvalue weighted by Crippen LogP contribution is -2.47. The van der Waals surface area contributed by atoms with Gasteiger partial charge in [0, 0.05) is 12.6 Å². The quantitative estimate of drug-likeness (QED) is 0.584. The van der Waals surface area contributed by atoms with Crippen LogP contribution in [0.5, 0.6) is 0 Å². The number of alkyl halides is 1. The highest BCUT2D eigenvalue weighted by Crippen LogP contribution is 2.04. The summed E-state index contributed by atoms with van der Waals surface area (Å²) in [5.41, 5.74) is 5.34. The molecule has 1 fully saturated rings. The lowest BCUT2D eigenvalue weighted by atomic mass is 10.1. The lowest BCUT2D eigenvalue weighted by molar-refractivity contribution is 0.229. The van der Waals surface area contributed by atoms with Gasteiger partial charge in [-0.2, -0.15) is 0 Å². The van der Waals surface area contributed by atoms with Crippen LogP contribution in [-0.4, -0.2) is 25.3 Å². The Morgan fingerprint density at radius 3 is 2.30 bits per heavy atom.